The molecule has 0 saturated carbocycles. The van der Waals surface area contributed by atoms with Crippen LogP contribution in [0.15, 0.2) is 36.2 Å². The Bertz CT molecular complexity index is 684. The third kappa shape index (κ3) is 1.59. The molecule has 0 saturated heterocycles. The summed E-state index contributed by atoms with van der Waals surface area (Å²) >= 11 is 0. The van der Waals surface area contributed by atoms with Crippen LogP contribution in [0.25, 0.3) is 11.6 Å². The number of hydrogen-bond acceptors (Lipinski definition) is 2. The fourth-order valence-electron chi connectivity index (χ4n) is 3.90. The number of hydrogen-bond donors (Lipinski definition) is 0. The summed E-state index contributed by atoms with van der Waals surface area (Å²) in [6, 6.07) is 6.63. The van der Waals surface area contributed by atoms with Gasteiger partial charge in [-0.3, -0.25) is 4.90 Å². The van der Waals surface area contributed by atoms with Gasteiger partial charge in [-0.1, -0.05) is 31.2 Å². The molecule has 0 spiro atoms. The van der Waals surface area contributed by atoms with Gasteiger partial charge in [0.05, 0.1) is 11.2 Å². The SMILES string of the molecule is C[C@@H]1C=C2c3cccc4c3N(C=C=C4)C[C@@]2(C)N(C)C1.[Lr]. The van der Waals surface area contributed by atoms with Crippen molar-refractivity contribution in [2.75, 3.05) is 25.0 Å². The van der Waals surface area contributed by atoms with Crippen LogP contribution in [0.2, 0.25) is 0 Å². The van der Waals surface area contributed by atoms with E-state index < -0.39 is 0 Å². The van der Waals surface area contributed by atoms with E-state index in [-0.39, 0.29) is 5.54 Å². The van der Waals surface area contributed by atoms with E-state index in [1.54, 1.807) is 0 Å². The van der Waals surface area contributed by atoms with Gasteiger partial charge in [0.1, 0.15) is 0 Å². The number of likely N-dealkylation sites (N-methyl/N-ethyl adjacent to an activating group) is 1. The smallest absolute Gasteiger partial charge is 0.0614 e. The second-order valence-electron chi connectivity index (χ2n) is 6.52. The standard InChI is InChI=1S/C18H20N2.Lr/c1-13-10-16-15-8-4-6-14-7-5-9-20(17(14)15)12-18(16,2)19(3)11-13;/h4,6-10,13H,11-12H2,1-3H3;/t13-,18-;/m1./s1. The van der Waals surface area contributed by atoms with E-state index in [1.165, 1.54) is 22.4 Å². The van der Waals surface area contributed by atoms with Crippen molar-refractivity contribution in [3.8, 4) is 0 Å². The molecule has 3 aliphatic rings. The van der Waals surface area contributed by atoms with Crippen molar-refractivity contribution >= 4 is 17.3 Å². The van der Waals surface area contributed by atoms with Crippen LogP contribution in [0.4, 0.5) is 5.69 Å². The minimum Gasteiger partial charge on any atom is -0.338 e. The van der Waals surface area contributed by atoms with Gasteiger partial charge in [0.25, 0.3) is 0 Å². The maximum atomic E-state index is 3.28. The van der Waals surface area contributed by atoms with Gasteiger partial charge in [-0.15, -0.1) is 5.73 Å². The molecular weight excluding hydrogens is 506 g/mol. The molecule has 21 heavy (non-hydrogen) atoms. The second kappa shape index (κ2) is 4.12. The molecule has 0 amide bonds. The zero-order valence-corrected chi connectivity index (χ0v) is 14.8. The van der Waals surface area contributed by atoms with Crippen LogP contribution in [-0.2, 0) is 0 Å². The second-order valence-corrected chi connectivity index (χ2v) is 6.52. The summed E-state index contributed by atoms with van der Waals surface area (Å²) in [6.07, 6.45) is 6.67. The van der Waals surface area contributed by atoms with Gasteiger partial charge in [-0.05, 0) is 31.5 Å². The Balaban J connectivity index is 0.00000132. The predicted octanol–water partition coefficient (Wildman–Crippen LogP) is 3.37. The van der Waals surface area contributed by atoms with E-state index in [1.807, 2.05) is 0 Å². The first kappa shape index (κ1) is 13.2. The molecule has 0 fully saturated rings. The molecule has 0 aliphatic carbocycles. The van der Waals surface area contributed by atoms with Crippen molar-refractivity contribution in [2.24, 2.45) is 5.92 Å². The number of benzene rings is 1. The van der Waals surface area contributed by atoms with Crippen LogP contribution in [0.5, 0.6) is 0 Å². The van der Waals surface area contributed by atoms with Crippen LogP contribution in [0, 0.1) is 5.92 Å². The number of para-hydroxylation sites is 1. The maximum absolute atomic E-state index is 3.28. The fraction of sp³-hybridized carbons (Fsp3) is 0.389. The van der Waals surface area contributed by atoms with Crippen molar-refractivity contribution < 1.29 is 0 Å². The van der Waals surface area contributed by atoms with Crippen molar-refractivity contribution in [2.45, 2.75) is 19.4 Å². The molecular formula is C18H20LrN2. The molecule has 4 rings (SSSR count). The Morgan fingerprint density at radius 2 is 2.14 bits per heavy atom. The number of nitrogens with zero attached hydrogens (tertiary/aromatic N) is 2. The first-order valence-corrected chi connectivity index (χ1v) is 7.36. The van der Waals surface area contributed by atoms with Gasteiger partial charge in [0.15, 0.2) is 0 Å². The predicted molar refractivity (Wildman–Crippen MR) is 84.5 cm³/mol. The first-order valence-electron chi connectivity index (χ1n) is 7.36. The van der Waals surface area contributed by atoms with Crippen LogP contribution < -0.4 is 4.90 Å². The Hall–Kier alpha value is -2.76. The Kier molecular flexibility index (Phi) is 2.59. The third-order valence-electron chi connectivity index (χ3n) is 5.03. The number of rotatable bonds is 0. The summed E-state index contributed by atoms with van der Waals surface area (Å²) in [5.41, 5.74) is 8.90. The van der Waals surface area contributed by atoms with Crippen molar-refractivity contribution in [3.63, 3.8) is 0 Å². The topological polar surface area (TPSA) is 6.48 Å². The molecule has 3 aliphatic heterocycles. The van der Waals surface area contributed by atoms with Gasteiger partial charge < -0.3 is 4.90 Å². The molecule has 1 radical (unpaired) electrons. The molecule has 0 N–H and O–H groups in total. The molecule has 117 valence electrons. The summed E-state index contributed by atoms with van der Waals surface area (Å²) < 4.78 is 0. The van der Waals surface area contributed by atoms with Crippen LogP contribution in [0.3, 0.4) is 0 Å². The van der Waals surface area contributed by atoms with E-state index in [9.17, 15) is 0 Å². The van der Waals surface area contributed by atoms with Crippen molar-refractivity contribution in [3.05, 3.63) is 47.3 Å². The minimum absolute atomic E-state index is 0. The van der Waals surface area contributed by atoms with E-state index in [0.29, 0.717) is 5.92 Å². The molecule has 3 heteroatoms. The van der Waals surface area contributed by atoms with E-state index >= 15 is 0 Å². The molecule has 3 heterocycles. The summed E-state index contributed by atoms with van der Waals surface area (Å²) in [7, 11) is 2.25. The van der Waals surface area contributed by atoms with Gasteiger partial charge in [0, 0.05) is 30.4 Å². The summed E-state index contributed by atoms with van der Waals surface area (Å²) in [6.45, 7) is 6.81. The van der Waals surface area contributed by atoms with Gasteiger partial charge in [-0.25, -0.2) is 0 Å². The summed E-state index contributed by atoms with van der Waals surface area (Å²) in [4.78, 5) is 4.88. The Labute approximate surface area is 120 Å². The maximum Gasteiger partial charge on any atom is 0.0614 e. The minimum atomic E-state index is 0. The van der Waals surface area contributed by atoms with Gasteiger partial charge in [0.2, 0.25) is 0 Å². The molecule has 2 atom stereocenters. The Morgan fingerprint density at radius 1 is 1.33 bits per heavy atom. The average molecular weight is 526 g/mol. The Morgan fingerprint density at radius 3 is 2.95 bits per heavy atom. The molecule has 1 aromatic rings. The number of fused-ring (bicyclic) bond motifs is 2. The fourth-order valence-corrected chi connectivity index (χ4v) is 3.90. The monoisotopic (exact) mass is 526 g/mol. The zero-order chi connectivity index (χ0) is 13.9. The molecule has 2 nitrogen and oxygen atoms in total. The van der Waals surface area contributed by atoms with Crippen LogP contribution in [0.1, 0.15) is 25.0 Å². The summed E-state index contributed by atoms with van der Waals surface area (Å²) in [5.74, 6) is 0.611. The quantitative estimate of drug-likeness (QED) is 0.479. The normalized spacial score (nSPS) is 29.4. The first-order chi connectivity index (χ1) is 9.59. The van der Waals surface area contributed by atoms with Crippen LogP contribution >= 0.6 is 0 Å². The largest absolute Gasteiger partial charge is 0.338 e. The third-order valence-corrected chi connectivity index (χ3v) is 5.03. The molecule has 0 unspecified atom stereocenters. The average Bonchev–Trinajstić information content (AvgIpc) is 2.42. The van der Waals surface area contributed by atoms with E-state index in [2.05, 4.69) is 73.0 Å². The number of anilines is 1. The van der Waals surface area contributed by atoms with Crippen LogP contribution in [-0.4, -0.2) is 30.6 Å². The van der Waals surface area contributed by atoms with E-state index in [4.69, 9.17) is 0 Å². The molecule has 1 aromatic carbocycles. The van der Waals surface area contributed by atoms with Gasteiger partial charge in [-0.2, -0.15) is 0 Å². The van der Waals surface area contributed by atoms with Gasteiger partial charge >= 0.3 is 0 Å². The van der Waals surface area contributed by atoms with Crippen molar-refractivity contribution in [1.82, 2.24) is 4.90 Å². The van der Waals surface area contributed by atoms with Crippen molar-refractivity contribution in [1.29, 1.82) is 0 Å². The van der Waals surface area contributed by atoms with E-state index in [0.717, 1.165) is 13.1 Å². The summed E-state index contributed by atoms with van der Waals surface area (Å²) in [5, 5.41) is 0. The molecule has 0 bridgehead atoms. The zero-order valence-electron chi connectivity index (χ0n) is 12.6. The molecule has 0 aromatic heterocycles.